The summed E-state index contributed by atoms with van der Waals surface area (Å²) < 4.78 is 0. The standard InChI is InChI=1S/C27H23N3O2/c1-29-16-20-23(27(32)30(26(20)31)18-12-6-3-7-13-18)25(29)22-19-14-8-9-15-21(19)28-24(22)17-10-4-2-5-11-17/h2-15,20,23,25,28H,16H2,1H3/t20-,23-,25+/m1/s1. The van der Waals surface area contributed by atoms with E-state index in [4.69, 9.17) is 0 Å². The molecule has 2 amide bonds. The van der Waals surface area contributed by atoms with Crippen molar-refractivity contribution in [2.75, 3.05) is 18.5 Å². The monoisotopic (exact) mass is 421 g/mol. The van der Waals surface area contributed by atoms with Crippen LogP contribution in [0.5, 0.6) is 0 Å². The summed E-state index contributed by atoms with van der Waals surface area (Å²) in [5, 5.41) is 1.10. The number of nitrogens with zero attached hydrogens (tertiary/aromatic N) is 2. The second-order valence-corrected chi connectivity index (χ2v) is 8.69. The summed E-state index contributed by atoms with van der Waals surface area (Å²) in [7, 11) is 2.02. The lowest BCUT2D eigenvalue weighted by Crippen LogP contribution is -2.36. The third kappa shape index (κ3) is 2.68. The number of H-pyrrole nitrogens is 1. The number of likely N-dealkylation sites (tertiary alicyclic amines) is 1. The molecule has 3 atom stereocenters. The Morgan fingerprint density at radius 3 is 2.22 bits per heavy atom. The quantitative estimate of drug-likeness (QED) is 0.491. The predicted octanol–water partition coefficient (Wildman–Crippen LogP) is 4.63. The Labute approximate surface area is 186 Å². The summed E-state index contributed by atoms with van der Waals surface area (Å²) in [5.74, 6) is -0.948. The fourth-order valence-electron chi connectivity index (χ4n) is 5.53. The number of nitrogens with one attached hydrogen (secondary N) is 1. The number of para-hydroxylation sites is 2. The molecule has 1 aromatic heterocycles. The van der Waals surface area contributed by atoms with Crippen molar-refractivity contribution in [2.24, 2.45) is 11.8 Å². The Hall–Kier alpha value is -3.70. The third-order valence-corrected chi connectivity index (χ3v) is 6.90. The molecule has 2 aliphatic heterocycles. The number of fused-ring (bicyclic) bond motifs is 2. The molecule has 0 bridgehead atoms. The third-order valence-electron chi connectivity index (χ3n) is 6.90. The lowest BCUT2D eigenvalue weighted by molar-refractivity contribution is -0.123. The number of rotatable bonds is 3. The first-order valence-electron chi connectivity index (χ1n) is 10.9. The molecule has 3 aromatic carbocycles. The minimum Gasteiger partial charge on any atom is -0.354 e. The Morgan fingerprint density at radius 1 is 0.812 bits per heavy atom. The molecule has 158 valence electrons. The van der Waals surface area contributed by atoms with Crippen molar-refractivity contribution in [3.63, 3.8) is 0 Å². The molecule has 4 aromatic rings. The Bertz CT molecular complexity index is 1330. The van der Waals surface area contributed by atoms with E-state index in [9.17, 15) is 9.59 Å². The Morgan fingerprint density at radius 2 is 1.47 bits per heavy atom. The minimum atomic E-state index is -0.408. The molecule has 3 heterocycles. The molecule has 1 N–H and O–H groups in total. The van der Waals surface area contributed by atoms with Crippen LogP contribution in [0.4, 0.5) is 5.69 Å². The van der Waals surface area contributed by atoms with Crippen molar-refractivity contribution in [1.82, 2.24) is 9.88 Å². The largest absolute Gasteiger partial charge is 0.354 e. The number of aromatic nitrogens is 1. The fraction of sp³-hybridized carbons (Fsp3) is 0.185. The summed E-state index contributed by atoms with van der Waals surface area (Å²) in [5.41, 5.74) is 4.88. The molecule has 0 aliphatic carbocycles. The average Bonchev–Trinajstić information content (AvgIpc) is 3.44. The van der Waals surface area contributed by atoms with Gasteiger partial charge in [0.05, 0.1) is 23.2 Å². The number of aromatic amines is 1. The molecule has 2 fully saturated rings. The van der Waals surface area contributed by atoms with E-state index in [2.05, 4.69) is 34.1 Å². The molecule has 0 saturated carbocycles. The number of amides is 2. The summed E-state index contributed by atoms with van der Waals surface area (Å²) in [6, 6.07) is 27.5. The van der Waals surface area contributed by atoms with Crippen LogP contribution < -0.4 is 4.90 Å². The average molecular weight is 422 g/mol. The highest BCUT2D eigenvalue weighted by Crippen LogP contribution is 2.50. The van der Waals surface area contributed by atoms with Gasteiger partial charge < -0.3 is 4.98 Å². The van der Waals surface area contributed by atoms with E-state index in [1.165, 1.54) is 4.90 Å². The molecule has 5 heteroatoms. The second kappa shape index (κ2) is 7.18. The van der Waals surface area contributed by atoms with Gasteiger partial charge in [0.2, 0.25) is 11.8 Å². The molecule has 0 spiro atoms. The van der Waals surface area contributed by atoms with Crippen molar-refractivity contribution in [3.05, 3.63) is 90.5 Å². The number of hydrogen-bond donors (Lipinski definition) is 1. The predicted molar refractivity (Wildman–Crippen MR) is 125 cm³/mol. The van der Waals surface area contributed by atoms with Gasteiger partial charge in [-0.1, -0.05) is 66.7 Å². The highest BCUT2D eigenvalue weighted by molar-refractivity contribution is 6.22. The van der Waals surface area contributed by atoms with Crippen molar-refractivity contribution < 1.29 is 9.59 Å². The smallest absolute Gasteiger partial charge is 0.239 e. The number of benzene rings is 3. The highest BCUT2D eigenvalue weighted by atomic mass is 16.2. The van der Waals surface area contributed by atoms with Gasteiger partial charge in [-0.3, -0.25) is 14.5 Å². The van der Waals surface area contributed by atoms with Crippen LogP contribution in [-0.2, 0) is 9.59 Å². The van der Waals surface area contributed by atoms with Crippen molar-refractivity contribution in [3.8, 4) is 11.3 Å². The maximum Gasteiger partial charge on any atom is 0.239 e. The van der Waals surface area contributed by atoms with Gasteiger partial charge in [-0.15, -0.1) is 0 Å². The van der Waals surface area contributed by atoms with Gasteiger partial charge in [-0.05, 0) is 30.8 Å². The Balaban J connectivity index is 1.52. The summed E-state index contributed by atoms with van der Waals surface area (Å²) >= 11 is 0. The topological polar surface area (TPSA) is 56.4 Å². The van der Waals surface area contributed by atoms with E-state index in [0.717, 1.165) is 27.7 Å². The number of imide groups is 1. The van der Waals surface area contributed by atoms with Crippen LogP contribution in [0.1, 0.15) is 11.6 Å². The fourth-order valence-corrected chi connectivity index (χ4v) is 5.53. The lowest BCUT2D eigenvalue weighted by atomic mass is 9.86. The van der Waals surface area contributed by atoms with Crippen molar-refractivity contribution >= 4 is 28.4 Å². The van der Waals surface area contributed by atoms with Gasteiger partial charge >= 0.3 is 0 Å². The first kappa shape index (κ1) is 19.0. The van der Waals surface area contributed by atoms with E-state index < -0.39 is 5.92 Å². The zero-order valence-electron chi connectivity index (χ0n) is 17.7. The summed E-state index contributed by atoms with van der Waals surface area (Å²) in [6.45, 7) is 0.566. The van der Waals surface area contributed by atoms with Crippen LogP contribution in [0.2, 0.25) is 0 Å². The molecular formula is C27H23N3O2. The van der Waals surface area contributed by atoms with Gasteiger partial charge in [0.15, 0.2) is 0 Å². The van der Waals surface area contributed by atoms with E-state index in [0.29, 0.717) is 12.2 Å². The molecule has 6 rings (SSSR count). The number of carbonyl (C=O) groups excluding carboxylic acids is 2. The van der Waals surface area contributed by atoms with Crippen LogP contribution in [0.3, 0.4) is 0 Å². The lowest BCUT2D eigenvalue weighted by Gasteiger charge is -2.26. The number of carbonyl (C=O) groups is 2. The molecule has 0 unspecified atom stereocenters. The zero-order chi connectivity index (χ0) is 21.8. The van der Waals surface area contributed by atoms with Crippen molar-refractivity contribution in [1.29, 1.82) is 0 Å². The highest BCUT2D eigenvalue weighted by Gasteiger charge is 2.58. The normalized spacial score (nSPS) is 23.3. The molecule has 5 nitrogen and oxygen atoms in total. The van der Waals surface area contributed by atoms with Crippen LogP contribution in [0.15, 0.2) is 84.9 Å². The minimum absolute atomic E-state index is 0.0957. The van der Waals surface area contributed by atoms with Crippen LogP contribution in [-0.4, -0.2) is 35.3 Å². The molecule has 32 heavy (non-hydrogen) atoms. The van der Waals surface area contributed by atoms with Gasteiger partial charge in [-0.2, -0.15) is 0 Å². The van der Waals surface area contributed by atoms with Gasteiger partial charge in [-0.25, -0.2) is 4.90 Å². The molecule has 2 saturated heterocycles. The van der Waals surface area contributed by atoms with E-state index >= 15 is 0 Å². The maximum absolute atomic E-state index is 13.7. The van der Waals surface area contributed by atoms with Crippen LogP contribution in [0.25, 0.3) is 22.2 Å². The maximum atomic E-state index is 13.7. The number of anilines is 1. The SMILES string of the molecule is CN1C[C@H]2C(=O)N(c3ccccc3)C(=O)[C@H]2[C@@H]1c1c(-c2ccccc2)[nH]c2ccccc12. The van der Waals surface area contributed by atoms with Gasteiger partial charge in [0.25, 0.3) is 0 Å². The Kier molecular flexibility index (Phi) is 4.26. The van der Waals surface area contributed by atoms with Crippen LogP contribution >= 0.6 is 0 Å². The summed E-state index contributed by atoms with van der Waals surface area (Å²) in [6.07, 6.45) is 0. The first-order valence-corrected chi connectivity index (χ1v) is 10.9. The van der Waals surface area contributed by atoms with Crippen molar-refractivity contribution in [2.45, 2.75) is 6.04 Å². The van der Waals surface area contributed by atoms with E-state index in [1.807, 2.05) is 67.7 Å². The summed E-state index contributed by atoms with van der Waals surface area (Å²) in [4.78, 5) is 34.2. The van der Waals surface area contributed by atoms with E-state index in [-0.39, 0.29) is 23.8 Å². The zero-order valence-corrected chi connectivity index (χ0v) is 17.7. The second-order valence-electron chi connectivity index (χ2n) is 8.69. The van der Waals surface area contributed by atoms with Crippen LogP contribution in [0, 0.1) is 11.8 Å². The van der Waals surface area contributed by atoms with Gasteiger partial charge in [0.1, 0.15) is 0 Å². The molecular weight excluding hydrogens is 398 g/mol. The van der Waals surface area contributed by atoms with E-state index in [1.54, 1.807) is 0 Å². The van der Waals surface area contributed by atoms with Gasteiger partial charge in [0, 0.05) is 29.1 Å². The molecule has 0 radical (unpaired) electrons. The number of hydrogen-bond acceptors (Lipinski definition) is 3. The first-order chi connectivity index (χ1) is 15.6. The molecule has 2 aliphatic rings.